The number of hydrogen-bond donors (Lipinski definition) is 0. The molecule has 0 aromatic heterocycles. The molecule has 0 aromatic carbocycles. The second-order valence-electron chi connectivity index (χ2n) is 5.79. The highest BCUT2D eigenvalue weighted by Gasteiger charge is 2.17. The molecule has 0 aliphatic rings. The topological polar surface area (TPSA) is 35.5 Å². The Morgan fingerprint density at radius 2 is 1.70 bits per heavy atom. The van der Waals surface area contributed by atoms with Gasteiger partial charge in [0.15, 0.2) is 6.10 Å². The summed E-state index contributed by atoms with van der Waals surface area (Å²) in [5, 5.41) is 1.05. The molecular formula is C19H35BrO3. The minimum atomic E-state index is -0.411. The first-order chi connectivity index (χ1) is 11.3. The average molecular weight is 391 g/mol. The van der Waals surface area contributed by atoms with E-state index in [2.05, 4.69) is 35.0 Å². The molecule has 0 aliphatic carbocycles. The number of carbonyl (C=O) groups is 1. The van der Waals surface area contributed by atoms with Crippen molar-refractivity contribution in [2.75, 3.05) is 18.5 Å². The highest BCUT2D eigenvalue weighted by Crippen LogP contribution is 2.06. The molecule has 1 unspecified atom stereocenters. The van der Waals surface area contributed by atoms with Crippen molar-refractivity contribution in [2.45, 2.75) is 84.2 Å². The van der Waals surface area contributed by atoms with E-state index >= 15 is 0 Å². The quantitative estimate of drug-likeness (QED) is 0.144. The van der Waals surface area contributed by atoms with Gasteiger partial charge in [0, 0.05) is 5.33 Å². The summed E-state index contributed by atoms with van der Waals surface area (Å²) < 4.78 is 10.9. The molecule has 1 atom stereocenters. The largest absolute Gasteiger partial charge is 0.464 e. The zero-order valence-electron chi connectivity index (χ0n) is 15.0. The summed E-state index contributed by atoms with van der Waals surface area (Å²) >= 11 is 3.41. The Bertz CT molecular complexity index is 292. The zero-order chi connectivity index (χ0) is 17.2. The standard InChI is InChI=1S/C19H35BrO3/c1-3-5-6-7-8-10-13-16-22-18(4-2)19(21)23-17-14-11-9-12-15-20/h8,10,18H,3-7,9,11-17H2,1-2H3/b10-8-. The molecule has 3 nitrogen and oxygen atoms in total. The molecule has 0 heterocycles. The Labute approximate surface area is 151 Å². The van der Waals surface area contributed by atoms with Crippen LogP contribution in [0.3, 0.4) is 0 Å². The van der Waals surface area contributed by atoms with Gasteiger partial charge < -0.3 is 9.47 Å². The van der Waals surface area contributed by atoms with Crippen LogP contribution in [0, 0.1) is 0 Å². The minimum Gasteiger partial charge on any atom is -0.464 e. The normalized spacial score (nSPS) is 12.7. The fraction of sp³-hybridized carbons (Fsp3) is 0.842. The maximum atomic E-state index is 11.9. The van der Waals surface area contributed by atoms with Crippen LogP contribution in [-0.4, -0.2) is 30.6 Å². The second kappa shape index (κ2) is 18.0. The lowest BCUT2D eigenvalue weighted by atomic mass is 10.2. The number of unbranched alkanes of at least 4 members (excludes halogenated alkanes) is 6. The van der Waals surface area contributed by atoms with Crippen molar-refractivity contribution in [2.24, 2.45) is 0 Å². The third-order valence-electron chi connectivity index (χ3n) is 3.65. The van der Waals surface area contributed by atoms with Crippen LogP contribution >= 0.6 is 15.9 Å². The van der Waals surface area contributed by atoms with Crippen molar-refractivity contribution in [3.05, 3.63) is 12.2 Å². The smallest absolute Gasteiger partial charge is 0.335 e. The molecule has 0 spiro atoms. The Kier molecular flexibility index (Phi) is 17.7. The lowest BCUT2D eigenvalue weighted by Crippen LogP contribution is -2.26. The van der Waals surface area contributed by atoms with Crippen LogP contribution in [0.15, 0.2) is 12.2 Å². The fourth-order valence-corrected chi connectivity index (χ4v) is 2.59. The monoisotopic (exact) mass is 390 g/mol. The summed E-state index contributed by atoms with van der Waals surface area (Å²) in [6.07, 6.45) is 14.8. The predicted octanol–water partition coefficient (Wildman–Crippen LogP) is 5.81. The number of halogens is 1. The van der Waals surface area contributed by atoms with Crippen LogP contribution in [0.1, 0.15) is 78.1 Å². The molecule has 0 radical (unpaired) electrons. The van der Waals surface area contributed by atoms with Gasteiger partial charge in [-0.3, -0.25) is 0 Å². The average Bonchev–Trinajstić information content (AvgIpc) is 2.56. The summed E-state index contributed by atoms with van der Waals surface area (Å²) in [6, 6.07) is 0. The molecule has 0 bridgehead atoms. The molecule has 0 fully saturated rings. The van der Waals surface area contributed by atoms with Crippen molar-refractivity contribution in [1.82, 2.24) is 0 Å². The van der Waals surface area contributed by atoms with Crippen LogP contribution < -0.4 is 0 Å². The van der Waals surface area contributed by atoms with Crippen LogP contribution in [-0.2, 0) is 14.3 Å². The van der Waals surface area contributed by atoms with Crippen molar-refractivity contribution in [3.8, 4) is 0 Å². The van der Waals surface area contributed by atoms with Crippen LogP contribution in [0.4, 0.5) is 0 Å². The van der Waals surface area contributed by atoms with Crippen LogP contribution in [0.2, 0.25) is 0 Å². The van der Waals surface area contributed by atoms with Gasteiger partial charge in [-0.15, -0.1) is 0 Å². The number of allylic oxidation sites excluding steroid dienone is 1. The fourth-order valence-electron chi connectivity index (χ4n) is 2.19. The number of rotatable bonds is 16. The van der Waals surface area contributed by atoms with E-state index < -0.39 is 6.10 Å². The van der Waals surface area contributed by atoms with E-state index in [9.17, 15) is 4.79 Å². The van der Waals surface area contributed by atoms with E-state index in [1.54, 1.807) is 0 Å². The van der Waals surface area contributed by atoms with Crippen molar-refractivity contribution < 1.29 is 14.3 Å². The SMILES string of the molecule is CCCCC/C=C\CCOC(CC)C(=O)OCCCCCCBr. The summed E-state index contributed by atoms with van der Waals surface area (Å²) in [5.41, 5.74) is 0. The maximum absolute atomic E-state index is 11.9. The van der Waals surface area contributed by atoms with Gasteiger partial charge in [0.25, 0.3) is 0 Å². The van der Waals surface area contributed by atoms with Crippen molar-refractivity contribution >= 4 is 21.9 Å². The highest BCUT2D eigenvalue weighted by molar-refractivity contribution is 9.09. The van der Waals surface area contributed by atoms with Gasteiger partial charge in [-0.05, 0) is 38.5 Å². The molecular weight excluding hydrogens is 356 g/mol. The Hall–Kier alpha value is -0.350. The number of hydrogen-bond acceptors (Lipinski definition) is 3. The Balaban J connectivity index is 3.64. The molecule has 0 amide bonds. The summed E-state index contributed by atoms with van der Waals surface area (Å²) in [4.78, 5) is 11.9. The van der Waals surface area contributed by atoms with Crippen LogP contribution in [0.25, 0.3) is 0 Å². The maximum Gasteiger partial charge on any atom is 0.335 e. The van der Waals surface area contributed by atoms with Crippen LogP contribution in [0.5, 0.6) is 0 Å². The third kappa shape index (κ3) is 14.9. The second-order valence-corrected chi connectivity index (χ2v) is 6.59. The van der Waals surface area contributed by atoms with Gasteiger partial charge in [-0.2, -0.15) is 0 Å². The van der Waals surface area contributed by atoms with Crippen molar-refractivity contribution in [1.29, 1.82) is 0 Å². The lowest BCUT2D eigenvalue weighted by molar-refractivity contribution is -0.157. The van der Waals surface area contributed by atoms with E-state index in [0.717, 1.165) is 31.0 Å². The van der Waals surface area contributed by atoms with Crippen molar-refractivity contribution in [3.63, 3.8) is 0 Å². The summed E-state index contributed by atoms with van der Waals surface area (Å²) in [5.74, 6) is -0.208. The van der Waals surface area contributed by atoms with E-state index in [1.165, 1.54) is 32.1 Å². The van der Waals surface area contributed by atoms with Gasteiger partial charge >= 0.3 is 5.97 Å². The van der Waals surface area contributed by atoms with E-state index in [0.29, 0.717) is 19.6 Å². The molecule has 0 aliphatic heterocycles. The number of esters is 1. The molecule has 0 saturated carbocycles. The highest BCUT2D eigenvalue weighted by atomic mass is 79.9. The molecule has 0 rings (SSSR count). The zero-order valence-corrected chi connectivity index (χ0v) is 16.6. The number of ether oxygens (including phenoxy) is 2. The lowest BCUT2D eigenvalue weighted by Gasteiger charge is -2.14. The Morgan fingerprint density at radius 3 is 2.39 bits per heavy atom. The molecule has 23 heavy (non-hydrogen) atoms. The van der Waals surface area contributed by atoms with Gasteiger partial charge in [0.05, 0.1) is 13.2 Å². The van der Waals surface area contributed by atoms with Gasteiger partial charge in [0.2, 0.25) is 0 Å². The first kappa shape index (κ1) is 22.6. The predicted molar refractivity (Wildman–Crippen MR) is 101 cm³/mol. The number of alkyl halides is 1. The van der Waals surface area contributed by atoms with E-state index in [-0.39, 0.29) is 5.97 Å². The number of carbonyl (C=O) groups excluding carboxylic acids is 1. The minimum absolute atomic E-state index is 0.208. The van der Waals surface area contributed by atoms with E-state index in [1.807, 2.05) is 6.92 Å². The first-order valence-corrected chi connectivity index (χ1v) is 10.4. The molecule has 136 valence electrons. The molecule has 0 saturated heterocycles. The molecule has 0 aromatic rings. The Morgan fingerprint density at radius 1 is 0.957 bits per heavy atom. The summed E-state index contributed by atoms with van der Waals surface area (Å²) in [7, 11) is 0. The first-order valence-electron chi connectivity index (χ1n) is 9.25. The van der Waals surface area contributed by atoms with Gasteiger partial charge in [-0.1, -0.05) is 67.6 Å². The molecule has 4 heteroatoms. The third-order valence-corrected chi connectivity index (χ3v) is 4.21. The van der Waals surface area contributed by atoms with Gasteiger partial charge in [0.1, 0.15) is 0 Å². The molecule has 0 N–H and O–H groups in total. The summed E-state index contributed by atoms with van der Waals surface area (Å²) in [6.45, 7) is 5.27. The van der Waals surface area contributed by atoms with E-state index in [4.69, 9.17) is 9.47 Å². The van der Waals surface area contributed by atoms with Gasteiger partial charge in [-0.25, -0.2) is 4.79 Å².